The Bertz CT molecular complexity index is 1330. The summed E-state index contributed by atoms with van der Waals surface area (Å²) in [6.45, 7) is 2.27. The van der Waals surface area contributed by atoms with Gasteiger partial charge in [0.15, 0.2) is 11.6 Å². The second-order valence-corrected chi connectivity index (χ2v) is 10.2. The van der Waals surface area contributed by atoms with Crippen molar-refractivity contribution in [2.45, 2.75) is 44.6 Å². The molecule has 1 saturated heterocycles. The van der Waals surface area contributed by atoms with Crippen molar-refractivity contribution in [3.8, 4) is 17.3 Å². The Balaban J connectivity index is 1.34. The molecule has 2 bridgehead atoms. The van der Waals surface area contributed by atoms with E-state index in [4.69, 9.17) is 4.98 Å². The minimum Gasteiger partial charge on any atom is -0.293 e. The van der Waals surface area contributed by atoms with Crippen LogP contribution in [0.15, 0.2) is 24.8 Å². The fourth-order valence-electron chi connectivity index (χ4n) is 6.20. The molecule has 0 spiro atoms. The van der Waals surface area contributed by atoms with E-state index in [1.807, 2.05) is 17.8 Å². The maximum atomic E-state index is 14.7. The van der Waals surface area contributed by atoms with E-state index >= 15 is 0 Å². The molecule has 162 valence electrons. The highest BCUT2D eigenvalue weighted by Gasteiger charge is 2.61. The van der Waals surface area contributed by atoms with Gasteiger partial charge in [0.1, 0.15) is 10.9 Å². The van der Waals surface area contributed by atoms with Crippen LogP contribution < -0.4 is 4.90 Å². The Kier molecular flexibility index (Phi) is 3.28. The monoisotopic (exact) mass is 431 g/mol. The number of nitriles is 1. The van der Waals surface area contributed by atoms with E-state index in [0.29, 0.717) is 12.2 Å². The number of halogens is 1. The van der Waals surface area contributed by atoms with Gasteiger partial charge in [0, 0.05) is 24.2 Å². The molecule has 9 heteroatoms. The number of hydrogen-bond acceptors (Lipinski definition) is 5. The fourth-order valence-corrected chi connectivity index (χ4v) is 6.20. The van der Waals surface area contributed by atoms with E-state index < -0.39 is 11.2 Å². The first-order valence-electron chi connectivity index (χ1n) is 11.3. The Labute approximate surface area is 183 Å². The van der Waals surface area contributed by atoms with Crippen LogP contribution >= 0.6 is 0 Å². The van der Waals surface area contributed by atoms with Crippen molar-refractivity contribution in [2.75, 3.05) is 11.4 Å². The zero-order valence-electron chi connectivity index (χ0n) is 17.7. The van der Waals surface area contributed by atoms with Gasteiger partial charge in [-0.15, -0.1) is 0 Å². The summed E-state index contributed by atoms with van der Waals surface area (Å²) in [5.74, 6) is 0.170. The van der Waals surface area contributed by atoms with Crippen LogP contribution in [0.1, 0.15) is 39.0 Å². The number of fused-ring (bicyclic) bond motifs is 1. The van der Waals surface area contributed by atoms with Gasteiger partial charge in [0.05, 0.1) is 35.9 Å². The lowest BCUT2D eigenvalue weighted by molar-refractivity contribution is -0.124. The molecule has 32 heavy (non-hydrogen) atoms. The normalized spacial score (nSPS) is 33.3. The molecule has 8 rings (SSSR count). The summed E-state index contributed by atoms with van der Waals surface area (Å²) in [7, 11) is 0. The molecule has 0 unspecified atom stereocenters. The van der Waals surface area contributed by atoms with Crippen LogP contribution in [-0.4, -0.2) is 36.8 Å². The second kappa shape index (κ2) is 5.74. The van der Waals surface area contributed by atoms with E-state index in [2.05, 4.69) is 16.3 Å². The Morgan fingerprint density at radius 3 is 2.62 bits per heavy atom. The molecule has 3 aromatic heterocycles. The summed E-state index contributed by atoms with van der Waals surface area (Å²) in [6, 6.07) is 2.33. The number of anilines is 1. The van der Waals surface area contributed by atoms with Crippen molar-refractivity contribution >= 4 is 17.2 Å². The van der Waals surface area contributed by atoms with Crippen LogP contribution in [0.25, 0.3) is 16.8 Å². The van der Waals surface area contributed by atoms with Crippen LogP contribution in [-0.2, 0) is 10.3 Å². The summed E-state index contributed by atoms with van der Waals surface area (Å²) >= 11 is 0. The number of amides is 1. The van der Waals surface area contributed by atoms with E-state index in [-0.39, 0.29) is 34.6 Å². The number of hydrogen-bond donors (Lipinski definition) is 0. The molecule has 0 N–H and O–H groups in total. The molecule has 4 aliphatic carbocycles. The van der Waals surface area contributed by atoms with Crippen molar-refractivity contribution in [1.29, 1.82) is 5.26 Å². The quantitative estimate of drug-likeness (QED) is 0.633. The molecule has 4 saturated carbocycles. The fraction of sp³-hybridized carbons (Fsp3) is 0.522. The molecule has 2 atom stereocenters. The molecule has 5 fully saturated rings. The average Bonchev–Trinajstić information content (AvgIpc) is 3.24. The molecule has 0 aromatic carbocycles. The predicted octanol–water partition coefficient (Wildman–Crippen LogP) is 3.14. The zero-order chi connectivity index (χ0) is 21.8. The average molecular weight is 431 g/mol. The van der Waals surface area contributed by atoms with Gasteiger partial charge in [-0.25, -0.2) is 13.9 Å². The lowest BCUT2D eigenvalue weighted by atomic mass is 9.50. The Morgan fingerprint density at radius 1 is 1.19 bits per heavy atom. The lowest BCUT2D eigenvalue weighted by Crippen LogP contribution is -2.59. The van der Waals surface area contributed by atoms with Crippen LogP contribution in [0.3, 0.4) is 0 Å². The molecule has 1 aliphatic heterocycles. The first kappa shape index (κ1) is 18.3. The summed E-state index contributed by atoms with van der Waals surface area (Å²) in [5.41, 5.74) is 0.646. The van der Waals surface area contributed by atoms with E-state index in [9.17, 15) is 14.4 Å². The lowest BCUT2D eigenvalue weighted by Gasteiger charge is -2.61. The van der Waals surface area contributed by atoms with Gasteiger partial charge in [0.2, 0.25) is 5.91 Å². The topological polar surface area (TPSA) is 92.1 Å². The van der Waals surface area contributed by atoms with Gasteiger partial charge in [-0.1, -0.05) is 6.92 Å². The van der Waals surface area contributed by atoms with Crippen molar-refractivity contribution in [3.05, 3.63) is 30.6 Å². The third-order valence-corrected chi connectivity index (χ3v) is 8.30. The maximum Gasteiger partial charge on any atom is 0.249 e. The van der Waals surface area contributed by atoms with Gasteiger partial charge in [-0.3, -0.25) is 14.4 Å². The Hall–Kier alpha value is -3.28. The molecule has 8 nitrogen and oxygen atoms in total. The highest BCUT2D eigenvalue weighted by atomic mass is 19.1. The molecule has 4 heterocycles. The van der Waals surface area contributed by atoms with Gasteiger partial charge >= 0.3 is 0 Å². The molecular formula is C23H22FN7O. The zero-order valence-corrected chi connectivity index (χ0v) is 17.7. The smallest absolute Gasteiger partial charge is 0.249 e. The maximum absolute atomic E-state index is 14.7. The van der Waals surface area contributed by atoms with Gasteiger partial charge in [0.25, 0.3) is 0 Å². The molecule has 5 aliphatic rings. The van der Waals surface area contributed by atoms with Gasteiger partial charge < -0.3 is 0 Å². The second-order valence-electron chi connectivity index (χ2n) is 10.2. The van der Waals surface area contributed by atoms with Crippen molar-refractivity contribution in [1.82, 2.24) is 24.4 Å². The van der Waals surface area contributed by atoms with E-state index in [1.54, 1.807) is 12.4 Å². The highest BCUT2D eigenvalue weighted by Crippen LogP contribution is 2.62. The van der Waals surface area contributed by atoms with Crippen LogP contribution in [0.5, 0.6) is 0 Å². The molecule has 0 radical (unpaired) electrons. The standard InChI is InChI=1S/C23H22FN7O/c1-13-9-29(21(32)23(13,12-25)16-2-3-16)20-19-17(24)8-26-30(19)11-18(28-20)15-7-27-31(10-15)22-4-14(5-22)6-22/h7-8,10-11,13-14,16H,2-6,9H2,1H3/t13-,14?,22?,23+/m1/s1. The highest BCUT2D eigenvalue weighted by molar-refractivity contribution is 6.04. The molecular weight excluding hydrogens is 409 g/mol. The first-order valence-corrected chi connectivity index (χ1v) is 11.3. The van der Waals surface area contributed by atoms with Crippen molar-refractivity contribution in [2.24, 2.45) is 23.2 Å². The van der Waals surface area contributed by atoms with Crippen molar-refractivity contribution < 1.29 is 9.18 Å². The first-order chi connectivity index (χ1) is 15.4. The number of nitrogens with zero attached hydrogens (tertiary/aromatic N) is 7. The summed E-state index contributed by atoms with van der Waals surface area (Å²) in [5, 5.41) is 18.7. The van der Waals surface area contributed by atoms with Crippen LogP contribution in [0.2, 0.25) is 0 Å². The van der Waals surface area contributed by atoms with Crippen LogP contribution in [0.4, 0.5) is 10.2 Å². The Morgan fingerprint density at radius 2 is 1.97 bits per heavy atom. The van der Waals surface area contributed by atoms with Gasteiger partial charge in [-0.2, -0.15) is 15.5 Å². The summed E-state index contributed by atoms with van der Waals surface area (Å²) in [4.78, 5) is 19.8. The predicted molar refractivity (Wildman–Crippen MR) is 112 cm³/mol. The van der Waals surface area contributed by atoms with Gasteiger partial charge in [-0.05, 0) is 43.9 Å². The largest absolute Gasteiger partial charge is 0.293 e. The minimum absolute atomic E-state index is 0.0697. The number of carbonyl (C=O) groups excluding carboxylic acids is 1. The van der Waals surface area contributed by atoms with Crippen LogP contribution in [0, 0.1) is 40.3 Å². The molecule has 3 aromatic rings. The summed E-state index contributed by atoms with van der Waals surface area (Å²) < 4.78 is 18.2. The summed E-state index contributed by atoms with van der Waals surface area (Å²) in [6.07, 6.45) is 11.9. The molecule has 1 amide bonds. The van der Waals surface area contributed by atoms with E-state index in [0.717, 1.165) is 30.5 Å². The number of aromatic nitrogens is 5. The SMILES string of the molecule is C[C@@H]1CN(c2nc(-c3cnn(C45CC(C4)C5)c3)cn3ncc(F)c23)C(=O)[C@]1(C#N)C1CC1. The number of carbonyl (C=O) groups is 1. The van der Waals surface area contributed by atoms with Crippen molar-refractivity contribution in [3.63, 3.8) is 0 Å². The number of rotatable bonds is 4. The third kappa shape index (κ3) is 2.10. The third-order valence-electron chi connectivity index (χ3n) is 8.30. The minimum atomic E-state index is -1.06. The van der Waals surface area contributed by atoms with E-state index in [1.165, 1.54) is 28.7 Å².